The van der Waals surface area contributed by atoms with Crippen molar-refractivity contribution in [2.45, 2.75) is 51.9 Å². The van der Waals surface area contributed by atoms with E-state index in [0.717, 1.165) is 6.42 Å². The minimum Gasteiger partial charge on any atom is -0.0919 e. The van der Waals surface area contributed by atoms with Crippen molar-refractivity contribution in [1.29, 1.82) is 0 Å². The van der Waals surface area contributed by atoms with E-state index in [-0.39, 0.29) is 0 Å². The molecule has 0 aromatic rings. The zero-order valence-corrected chi connectivity index (χ0v) is 9.49. The van der Waals surface area contributed by atoms with Crippen molar-refractivity contribution in [3.63, 3.8) is 0 Å². The fraction of sp³-hybridized carbons (Fsp3) is 0.800. The van der Waals surface area contributed by atoms with E-state index in [4.69, 9.17) is 0 Å². The van der Waals surface area contributed by atoms with Gasteiger partial charge in [0.05, 0.1) is 0 Å². The molecule has 0 saturated carbocycles. The molecule has 0 aliphatic carbocycles. The van der Waals surface area contributed by atoms with Crippen LogP contribution in [-0.4, -0.2) is 0 Å². The molecule has 0 unspecified atom stereocenters. The third kappa shape index (κ3) is 10.3. The molecule has 0 aliphatic heterocycles. The van der Waals surface area contributed by atoms with Crippen LogP contribution < -0.4 is 0 Å². The van der Waals surface area contributed by atoms with Gasteiger partial charge < -0.3 is 0 Å². The van der Waals surface area contributed by atoms with Crippen LogP contribution in [0.1, 0.15) is 51.9 Å². The Kier molecular flexibility index (Phi) is 10.6. The molecule has 0 atom stereocenters. The molecule has 0 aromatic carbocycles. The molecule has 0 heterocycles. The molecule has 11 heavy (non-hydrogen) atoms. The summed E-state index contributed by atoms with van der Waals surface area (Å²) in [5.41, 5.74) is 0. The van der Waals surface area contributed by atoms with Crippen LogP contribution in [0.3, 0.4) is 0 Å². The van der Waals surface area contributed by atoms with E-state index in [1.165, 1.54) is 38.5 Å². The summed E-state index contributed by atoms with van der Waals surface area (Å²) < 4.78 is 2.89. The average molecular weight is 264 g/mol. The van der Waals surface area contributed by atoms with Crippen LogP contribution in [0.5, 0.6) is 0 Å². The van der Waals surface area contributed by atoms with Crippen molar-refractivity contribution < 1.29 is 0 Å². The van der Waals surface area contributed by atoms with E-state index >= 15 is 0 Å². The second-order valence-electron chi connectivity index (χ2n) is 2.79. The molecule has 0 rings (SSSR count). The summed E-state index contributed by atoms with van der Waals surface area (Å²) in [5.74, 6) is 3.08. The maximum absolute atomic E-state index is 3.08. The topological polar surface area (TPSA) is 0 Å². The number of rotatable bonds is 6. The highest BCUT2D eigenvalue weighted by Gasteiger charge is 1.87. The third-order valence-corrected chi connectivity index (χ3v) is 2.10. The highest BCUT2D eigenvalue weighted by atomic mass is 127. The van der Waals surface area contributed by atoms with Crippen LogP contribution in [0.15, 0.2) is 0 Å². The molecule has 0 saturated heterocycles. The molecular formula is C10H17I. The molecule has 0 bridgehead atoms. The van der Waals surface area contributed by atoms with Gasteiger partial charge in [-0.05, 0) is 10.3 Å². The lowest BCUT2D eigenvalue weighted by molar-refractivity contribution is 0.614. The Morgan fingerprint density at radius 3 is 2.27 bits per heavy atom. The molecule has 0 fully saturated rings. The Balaban J connectivity index is 2.83. The second kappa shape index (κ2) is 10.3. The second-order valence-corrected chi connectivity index (χ2v) is 3.33. The molecule has 0 radical (unpaired) electrons. The van der Waals surface area contributed by atoms with Gasteiger partial charge in [0.1, 0.15) is 0 Å². The van der Waals surface area contributed by atoms with Crippen LogP contribution in [0.25, 0.3) is 0 Å². The maximum atomic E-state index is 3.08. The lowest BCUT2D eigenvalue weighted by atomic mass is 10.1. The van der Waals surface area contributed by atoms with Gasteiger partial charge in [-0.1, -0.05) is 44.9 Å². The summed E-state index contributed by atoms with van der Waals surface area (Å²) in [6.07, 6.45) is 9.30. The molecule has 0 aromatic heterocycles. The smallest absolute Gasteiger partial charge is 0.0181 e. The van der Waals surface area contributed by atoms with Crippen molar-refractivity contribution in [2.75, 3.05) is 0 Å². The summed E-state index contributed by atoms with van der Waals surface area (Å²) >= 11 is 2.10. The van der Waals surface area contributed by atoms with Crippen molar-refractivity contribution in [2.24, 2.45) is 0 Å². The zero-order chi connectivity index (χ0) is 8.36. The van der Waals surface area contributed by atoms with Gasteiger partial charge in [-0.2, -0.15) is 0 Å². The lowest BCUT2D eigenvalue weighted by Crippen LogP contribution is -1.77. The molecule has 0 amide bonds. The third-order valence-electron chi connectivity index (χ3n) is 1.72. The van der Waals surface area contributed by atoms with Crippen LogP contribution in [0.4, 0.5) is 0 Å². The SMILES string of the molecule is CCCCCCCCC#CI. The predicted octanol–water partition coefficient (Wildman–Crippen LogP) is 4.13. The summed E-state index contributed by atoms with van der Waals surface area (Å²) in [6, 6.07) is 0. The van der Waals surface area contributed by atoms with Crippen LogP contribution in [-0.2, 0) is 0 Å². The molecule has 0 aliphatic rings. The van der Waals surface area contributed by atoms with Crippen molar-refractivity contribution in [3.05, 3.63) is 0 Å². The number of hydrogen-bond acceptors (Lipinski definition) is 0. The molecule has 0 nitrogen and oxygen atoms in total. The Labute approximate surface area is 84.3 Å². The molecule has 1 heteroatoms. The van der Waals surface area contributed by atoms with E-state index in [2.05, 4.69) is 39.4 Å². The summed E-state index contributed by atoms with van der Waals surface area (Å²) in [5, 5.41) is 0. The minimum atomic E-state index is 1.09. The quantitative estimate of drug-likeness (QED) is 0.384. The predicted molar refractivity (Wildman–Crippen MR) is 59.8 cm³/mol. The van der Waals surface area contributed by atoms with E-state index in [9.17, 15) is 0 Å². The van der Waals surface area contributed by atoms with Gasteiger partial charge in [0, 0.05) is 29.0 Å². The first-order valence-electron chi connectivity index (χ1n) is 4.50. The van der Waals surface area contributed by atoms with Crippen molar-refractivity contribution in [3.8, 4) is 9.85 Å². The molecule has 0 N–H and O–H groups in total. The van der Waals surface area contributed by atoms with E-state index in [0.29, 0.717) is 0 Å². The van der Waals surface area contributed by atoms with Gasteiger partial charge in [0.15, 0.2) is 0 Å². The Bertz CT molecular complexity index is 119. The van der Waals surface area contributed by atoms with Gasteiger partial charge in [0.2, 0.25) is 0 Å². The van der Waals surface area contributed by atoms with Crippen LogP contribution in [0.2, 0.25) is 0 Å². The minimum absolute atomic E-state index is 1.09. The Morgan fingerprint density at radius 1 is 1.00 bits per heavy atom. The van der Waals surface area contributed by atoms with E-state index in [1.54, 1.807) is 0 Å². The highest BCUT2D eigenvalue weighted by molar-refractivity contribution is 14.1. The zero-order valence-electron chi connectivity index (χ0n) is 7.33. The highest BCUT2D eigenvalue weighted by Crippen LogP contribution is 2.06. The average Bonchev–Trinajstić information content (AvgIpc) is 2.03. The van der Waals surface area contributed by atoms with E-state index in [1.807, 2.05) is 0 Å². The first kappa shape index (κ1) is 11.3. The van der Waals surface area contributed by atoms with Crippen molar-refractivity contribution >= 4 is 22.6 Å². The first-order valence-corrected chi connectivity index (χ1v) is 5.58. The first-order chi connectivity index (χ1) is 5.41. The molecule has 0 spiro atoms. The Hall–Kier alpha value is 0.290. The van der Waals surface area contributed by atoms with Gasteiger partial charge >= 0.3 is 0 Å². The number of halogens is 1. The lowest BCUT2D eigenvalue weighted by Gasteiger charge is -1.96. The number of hydrogen-bond donors (Lipinski definition) is 0. The van der Waals surface area contributed by atoms with Gasteiger partial charge in [-0.15, -0.1) is 0 Å². The van der Waals surface area contributed by atoms with Crippen LogP contribution in [0, 0.1) is 9.85 Å². The monoisotopic (exact) mass is 264 g/mol. The maximum Gasteiger partial charge on any atom is 0.0181 e. The van der Waals surface area contributed by atoms with Gasteiger partial charge in [0.25, 0.3) is 0 Å². The van der Waals surface area contributed by atoms with Gasteiger partial charge in [-0.25, -0.2) is 0 Å². The largest absolute Gasteiger partial charge is 0.0919 e. The Morgan fingerprint density at radius 2 is 1.64 bits per heavy atom. The fourth-order valence-electron chi connectivity index (χ4n) is 1.04. The number of unbranched alkanes of at least 4 members (excludes halogenated alkanes) is 6. The van der Waals surface area contributed by atoms with Gasteiger partial charge in [-0.3, -0.25) is 0 Å². The standard InChI is InChI=1S/C10H17I/c1-2-3-4-5-6-7-8-9-10-11/h2-8H2,1H3. The molecular weight excluding hydrogens is 247 g/mol. The van der Waals surface area contributed by atoms with Crippen LogP contribution >= 0.6 is 22.6 Å². The summed E-state index contributed by atoms with van der Waals surface area (Å²) in [7, 11) is 0. The van der Waals surface area contributed by atoms with Crippen molar-refractivity contribution in [1.82, 2.24) is 0 Å². The molecule has 64 valence electrons. The van der Waals surface area contributed by atoms with E-state index < -0.39 is 0 Å². The normalized spacial score (nSPS) is 8.91. The summed E-state index contributed by atoms with van der Waals surface area (Å²) in [6.45, 7) is 2.25. The summed E-state index contributed by atoms with van der Waals surface area (Å²) in [4.78, 5) is 0. The fourth-order valence-corrected chi connectivity index (χ4v) is 1.31.